The minimum Gasteiger partial charge on any atom is -0.336 e. The van der Waals surface area contributed by atoms with E-state index in [2.05, 4.69) is 39.1 Å². The standard InChI is InChI=1S/C24H30N4O/c1-18-13-26-21(14-25-18)15-28-17-24(9-7-23(28)29)8-4-10-27(16-24)22-11-19-5-2-3-6-20(19)12-22/h2-3,5-6,13-14,22H,4,7-12,15-17H2,1H3/t24-/m1/s1. The molecule has 0 saturated carbocycles. The van der Waals surface area contributed by atoms with Crippen LogP contribution in [0.4, 0.5) is 0 Å². The van der Waals surface area contributed by atoms with Crippen molar-refractivity contribution in [3.05, 3.63) is 59.2 Å². The van der Waals surface area contributed by atoms with Crippen molar-refractivity contribution in [2.24, 2.45) is 5.41 Å². The Morgan fingerprint density at radius 2 is 1.86 bits per heavy atom. The van der Waals surface area contributed by atoms with Crippen LogP contribution in [0, 0.1) is 12.3 Å². The highest BCUT2D eigenvalue weighted by molar-refractivity contribution is 5.77. The average molecular weight is 391 g/mol. The molecule has 0 unspecified atom stereocenters. The Morgan fingerprint density at radius 3 is 2.59 bits per heavy atom. The number of nitrogens with zero attached hydrogens (tertiary/aromatic N) is 4. The first kappa shape index (κ1) is 18.7. The average Bonchev–Trinajstić information content (AvgIpc) is 3.17. The van der Waals surface area contributed by atoms with Crippen LogP contribution in [-0.2, 0) is 24.2 Å². The monoisotopic (exact) mass is 390 g/mol. The number of fused-ring (bicyclic) bond motifs is 1. The number of carbonyl (C=O) groups excluding carboxylic acids is 1. The van der Waals surface area contributed by atoms with Gasteiger partial charge in [0.05, 0.1) is 24.1 Å². The van der Waals surface area contributed by atoms with Crippen LogP contribution >= 0.6 is 0 Å². The first-order valence-corrected chi connectivity index (χ1v) is 11.0. The lowest BCUT2D eigenvalue weighted by molar-refractivity contribution is -0.140. The van der Waals surface area contributed by atoms with Gasteiger partial charge in [0.2, 0.25) is 5.91 Å². The molecule has 0 N–H and O–H groups in total. The number of aryl methyl sites for hydroxylation is 1. The molecule has 3 heterocycles. The molecule has 5 heteroatoms. The van der Waals surface area contributed by atoms with E-state index >= 15 is 0 Å². The van der Waals surface area contributed by atoms with Crippen molar-refractivity contribution in [3.63, 3.8) is 0 Å². The summed E-state index contributed by atoms with van der Waals surface area (Å²) >= 11 is 0. The second-order valence-electron chi connectivity index (χ2n) is 9.30. The topological polar surface area (TPSA) is 49.3 Å². The highest BCUT2D eigenvalue weighted by Crippen LogP contribution is 2.41. The first-order chi connectivity index (χ1) is 14.1. The van der Waals surface area contributed by atoms with Gasteiger partial charge in [0.25, 0.3) is 0 Å². The lowest BCUT2D eigenvalue weighted by Crippen LogP contribution is -2.55. The molecule has 1 amide bonds. The molecule has 2 saturated heterocycles. The smallest absolute Gasteiger partial charge is 0.222 e. The normalized spacial score (nSPS) is 25.6. The Balaban J connectivity index is 1.28. The van der Waals surface area contributed by atoms with Gasteiger partial charge in [-0.2, -0.15) is 0 Å². The molecule has 1 spiro atoms. The van der Waals surface area contributed by atoms with Gasteiger partial charge in [-0.25, -0.2) is 0 Å². The SMILES string of the molecule is Cc1cnc(CN2C[C@]3(CCCN(C4Cc5ccccc5C4)C3)CCC2=O)cn1. The van der Waals surface area contributed by atoms with Crippen LogP contribution in [-0.4, -0.2) is 51.4 Å². The van der Waals surface area contributed by atoms with Gasteiger partial charge in [-0.15, -0.1) is 0 Å². The Hall–Kier alpha value is -2.27. The number of amides is 1. The lowest BCUT2D eigenvalue weighted by Gasteiger charge is -2.49. The van der Waals surface area contributed by atoms with Gasteiger partial charge >= 0.3 is 0 Å². The Morgan fingerprint density at radius 1 is 1.07 bits per heavy atom. The summed E-state index contributed by atoms with van der Waals surface area (Å²) in [7, 11) is 0. The number of hydrogen-bond donors (Lipinski definition) is 0. The fraction of sp³-hybridized carbons (Fsp3) is 0.542. The zero-order valence-corrected chi connectivity index (χ0v) is 17.3. The number of hydrogen-bond acceptors (Lipinski definition) is 4. The minimum atomic E-state index is 0.235. The number of rotatable bonds is 3. The van der Waals surface area contributed by atoms with Crippen molar-refractivity contribution in [2.45, 2.75) is 58.0 Å². The van der Waals surface area contributed by atoms with Crippen LogP contribution in [0.2, 0.25) is 0 Å². The molecule has 1 aliphatic carbocycles. The second-order valence-corrected chi connectivity index (χ2v) is 9.30. The summed E-state index contributed by atoms with van der Waals surface area (Å²) in [6.07, 6.45) is 10.1. The molecule has 152 valence electrons. The Bertz CT molecular complexity index is 871. The molecule has 1 aromatic carbocycles. The molecular weight excluding hydrogens is 360 g/mol. The maximum atomic E-state index is 12.6. The molecule has 1 aromatic heterocycles. The van der Waals surface area contributed by atoms with Crippen molar-refractivity contribution < 1.29 is 4.79 Å². The molecule has 29 heavy (non-hydrogen) atoms. The molecule has 2 fully saturated rings. The zero-order chi connectivity index (χ0) is 19.8. The fourth-order valence-corrected chi connectivity index (χ4v) is 5.63. The number of carbonyl (C=O) groups is 1. The highest BCUT2D eigenvalue weighted by atomic mass is 16.2. The summed E-state index contributed by atoms with van der Waals surface area (Å²) in [6.45, 7) is 5.70. The van der Waals surface area contributed by atoms with Gasteiger partial charge in [-0.1, -0.05) is 24.3 Å². The van der Waals surface area contributed by atoms with E-state index in [1.165, 1.54) is 43.4 Å². The maximum Gasteiger partial charge on any atom is 0.222 e. The number of piperidine rings is 2. The van der Waals surface area contributed by atoms with Crippen LogP contribution < -0.4 is 0 Å². The van der Waals surface area contributed by atoms with E-state index in [1.54, 1.807) is 6.20 Å². The lowest BCUT2D eigenvalue weighted by atomic mass is 9.73. The summed E-state index contributed by atoms with van der Waals surface area (Å²) in [5, 5.41) is 0. The number of aromatic nitrogens is 2. The first-order valence-electron chi connectivity index (χ1n) is 11.0. The van der Waals surface area contributed by atoms with Crippen LogP contribution in [0.1, 0.15) is 48.2 Å². The van der Waals surface area contributed by atoms with Gasteiger partial charge in [0.15, 0.2) is 0 Å². The third kappa shape index (κ3) is 3.80. The van der Waals surface area contributed by atoms with Crippen molar-refractivity contribution in [1.82, 2.24) is 19.8 Å². The van der Waals surface area contributed by atoms with Crippen molar-refractivity contribution in [1.29, 1.82) is 0 Å². The number of likely N-dealkylation sites (tertiary alicyclic amines) is 2. The Labute approximate surface area is 173 Å². The van der Waals surface area contributed by atoms with E-state index < -0.39 is 0 Å². The quantitative estimate of drug-likeness (QED) is 0.808. The van der Waals surface area contributed by atoms with E-state index in [-0.39, 0.29) is 11.3 Å². The van der Waals surface area contributed by atoms with Gasteiger partial charge in [0.1, 0.15) is 0 Å². The molecule has 2 aliphatic heterocycles. The molecule has 0 bridgehead atoms. The summed E-state index contributed by atoms with van der Waals surface area (Å²) in [6, 6.07) is 9.53. The molecule has 5 nitrogen and oxygen atoms in total. The van der Waals surface area contributed by atoms with E-state index in [0.717, 1.165) is 30.9 Å². The van der Waals surface area contributed by atoms with Crippen molar-refractivity contribution in [2.75, 3.05) is 19.6 Å². The third-order valence-corrected chi connectivity index (χ3v) is 7.17. The largest absolute Gasteiger partial charge is 0.336 e. The summed E-state index contributed by atoms with van der Waals surface area (Å²) in [5.41, 5.74) is 5.08. The zero-order valence-electron chi connectivity index (χ0n) is 17.3. The number of benzene rings is 1. The molecule has 2 aromatic rings. The molecule has 5 rings (SSSR count). The van der Waals surface area contributed by atoms with Crippen molar-refractivity contribution in [3.8, 4) is 0 Å². The van der Waals surface area contributed by atoms with Gasteiger partial charge in [-0.05, 0) is 56.7 Å². The molecule has 1 atom stereocenters. The van der Waals surface area contributed by atoms with Gasteiger partial charge < -0.3 is 4.90 Å². The highest BCUT2D eigenvalue weighted by Gasteiger charge is 2.43. The van der Waals surface area contributed by atoms with E-state index in [0.29, 0.717) is 19.0 Å². The molecule has 3 aliphatic rings. The summed E-state index contributed by atoms with van der Waals surface area (Å²) < 4.78 is 0. The Kier molecular flexibility index (Phi) is 4.86. The van der Waals surface area contributed by atoms with Gasteiger partial charge in [-0.3, -0.25) is 19.7 Å². The minimum absolute atomic E-state index is 0.235. The second kappa shape index (κ2) is 7.52. The third-order valence-electron chi connectivity index (χ3n) is 7.17. The molecule has 0 radical (unpaired) electrons. The predicted octanol–water partition coefficient (Wildman–Crippen LogP) is 3.16. The summed E-state index contributed by atoms with van der Waals surface area (Å²) in [4.78, 5) is 26.2. The van der Waals surface area contributed by atoms with Crippen LogP contribution in [0.3, 0.4) is 0 Å². The van der Waals surface area contributed by atoms with Crippen LogP contribution in [0.25, 0.3) is 0 Å². The molecular formula is C24H30N4O. The maximum absolute atomic E-state index is 12.6. The van der Waals surface area contributed by atoms with Gasteiger partial charge in [0, 0.05) is 37.2 Å². The van der Waals surface area contributed by atoms with E-state index in [1.807, 2.05) is 18.0 Å². The predicted molar refractivity (Wildman–Crippen MR) is 112 cm³/mol. The van der Waals surface area contributed by atoms with Crippen LogP contribution in [0.5, 0.6) is 0 Å². The fourth-order valence-electron chi connectivity index (χ4n) is 5.63. The van der Waals surface area contributed by atoms with Crippen LogP contribution in [0.15, 0.2) is 36.7 Å². The van der Waals surface area contributed by atoms with E-state index in [4.69, 9.17) is 0 Å². The van der Waals surface area contributed by atoms with E-state index in [9.17, 15) is 4.79 Å². The van der Waals surface area contributed by atoms with Crippen molar-refractivity contribution >= 4 is 5.91 Å². The summed E-state index contributed by atoms with van der Waals surface area (Å²) in [5.74, 6) is 0.267.